The molecule has 0 aliphatic carbocycles. The number of aromatic nitrogens is 1. The zero-order chi connectivity index (χ0) is 5.82. The summed E-state index contributed by atoms with van der Waals surface area (Å²) in [5.41, 5.74) is 1.15. The first-order chi connectivity index (χ1) is 3.93. The van der Waals surface area contributed by atoms with Crippen LogP contribution in [-0.2, 0) is 4.43 Å². The van der Waals surface area contributed by atoms with Gasteiger partial charge in [-0.05, 0) is 12.1 Å². The lowest BCUT2D eigenvalue weighted by Gasteiger charge is -1.87. The minimum Gasteiger partial charge on any atom is -0.260 e. The van der Waals surface area contributed by atoms with Crippen molar-refractivity contribution < 1.29 is 0 Å². The Hall–Kier alpha value is -0.120. The summed E-state index contributed by atoms with van der Waals surface area (Å²) in [7, 11) is 0. The average Bonchev–Trinajstić information content (AvgIpc) is 1.90. The quantitative estimate of drug-likeness (QED) is 0.520. The van der Waals surface area contributed by atoms with E-state index in [2.05, 4.69) is 27.6 Å². The highest BCUT2D eigenvalue weighted by molar-refractivity contribution is 14.1. The first kappa shape index (κ1) is 6.01. The van der Waals surface area contributed by atoms with Gasteiger partial charge in [-0.25, -0.2) is 0 Å². The molecule has 1 heterocycles. The van der Waals surface area contributed by atoms with E-state index in [4.69, 9.17) is 0 Å². The lowest BCUT2D eigenvalue weighted by molar-refractivity contribution is 1.19. The Balaban J connectivity index is 2.83. The summed E-state index contributed by atoms with van der Waals surface area (Å²) in [6.45, 7) is 0. The summed E-state index contributed by atoms with van der Waals surface area (Å²) in [5, 5.41) is 0. The van der Waals surface area contributed by atoms with E-state index in [1.54, 1.807) is 0 Å². The summed E-state index contributed by atoms with van der Waals surface area (Å²) >= 11 is 2.29. The Morgan fingerprint density at radius 1 is 1.50 bits per heavy atom. The van der Waals surface area contributed by atoms with Crippen molar-refractivity contribution in [2.75, 3.05) is 0 Å². The highest BCUT2D eigenvalue weighted by Crippen LogP contribution is 1.98. The SMILES string of the molecule is ICc1ccccn1. The van der Waals surface area contributed by atoms with Crippen molar-refractivity contribution in [3.63, 3.8) is 0 Å². The maximum absolute atomic E-state index is 4.09. The van der Waals surface area contributed by atoms with E-state index in [-0.39, 0.29) is 0 Å². The maximum atomic E-state index is 4.09. The maximum Gasteiger partial charge on any atom is 0.0500 e. The molecule has 0 N–H and O–H groups in total. The van der Waals surface area contributed by atoms with Crippen LogP contribution in [0.3, 0.4) is 0 Å². The van der Waals surface area contributed by atoms with Gasteiger partial charge in [0.2, 0.25) is 0 Å². The molecule has 2 heteroatoms. The van der Waals surface area contributed by atoms with Crippen molar-refractivity contribution >= 4 is 22.6 Å². The number of rotatable bonds is 1. The second-order valence-corrected chi connectivity index (χ2v) is 2.22. The van der Waals surface area contributed by atoms with Crippen LogP contribution < -0.4 is 0 Å². The van der Waals surface area contributed by atoms with Crippen molar-refractivity contribution in [1.29, 1.82) is 0 Å². The molecule has 0 aliphatic rings. The second-order valence-electron chi connectivity index (χ2n) is 1.45. The van der Waals surface area contributed by atoms with Crippen LogP contribution in [0.4, 0.5) is 0 Å². The van der Waals surface area contributed by atoms with Crippen LogP contribution in [0.15, 0.2) is 24.4 Å². The molecule has 1 aromatic rings. The van der Waals surface area contributed by atoms with Crippen LogP contribution in [0.5, 0.6) is 0 Å². The zero-order valence-electron chi connectivity index (χ0n) is 4.34. The average molecular weight is 219 g/mol. The fraction of sp³-hybridized carbons (Fsp3) is 0.167. The lowest BCUT2D eigenvalue weighted by Crippen LogP contribution is -1.78. The molecule has 0 saturated heterocycles. The van der Waals surface area contributed by atoms with Crippen molar-refractivity contribution in [3.05, 3.63) is 30.1 Å². The third-order valence-corrected chi connectivity index (χ3v) is 1.64. The molecule has 0 aliphatic heterocycles. The Morgan fingerprint density at radius 3 is 2.75 bits per heavy atom. The van der Waals surface area contributed by atoms with Crippen LogP contribution in [0, 0.1) is 0 Å². The molecule has 0 bridgehead atoms. The van der Waals surface area contributed by atoms with E-state index in [0.29, 0.717) is 0 Å². The van der Waals surface area contributed by atoms with E-state index < -0.39 is 0 Å². The van der Waals surface area contributed by atoms with Gasteiger partial charge in [-0.3, -0.25) is 4.98 Å². The van der Waals surface area contributed by atoms with Crippen LogP contribution in [-0.4, -0.2) is 4.98 Å². The van der Waals surface area contributed by atoms with Gasteiger partial charge in [0, 0.05) is 10.6 Å². The Bertz CT molecular complexity index is 150. The Labute approximate surface area is 62.3 Å². The smallest absolute Gasteiger partial charge is 0.0500 e. The second kappa shape index (κ2) is 3.02. The van der Waals surface area contributed by atoms with Crippen molar-refractivity contribution in [1.82, 2.24) is 4.98 Å². The van der Waals surface area contributed by atoms with Crippen LogP contribution >= 0.6 is 22.6 Å². The number of hydrogen-bond acceptors (Lipinski definition) is 1. The Morgan fingerprint density at radius 2 is 2.38 bits per heavy atom. The molecule has 0 spiro atoms. The predicted octanol–water partition coefficient (Wildman–Crippen LogP) is 2.02. The number of pyridine rings is 1. The fourth-order valence-corrected chi connectivity index (χ4v) is 0.928. The van der Waals surface area contributed by atoms with Gasteiger partial charge in [0.15, 0.2) is 0 Å². The highest BCUT2D eigenvalue weighted by atomic mass is 127. The van der Waals surface area contributed by atoms with Gasteiger partial charge in [-0.1, -0.05) is 28.7 Å². The standard InChI is InChI=1S/C6H6IN/c7-5-6-3-1-2-4-8-6/h1-4H,5H2. The van der Waals surface area contributed by atoms with E-state index in [1.165, 1.54) is 0 Å². The molecule has 0 atom stereocenters. The molecule has 8 heavy (non-hydrogen) atoms. The molecule has 0 saturated carbocycles. The minimum atomic E-state index is 0.999. The van der Waals surface area contributed by atoms with Crippen LogP contribution in [0.2, 0.25) is 0 Å². The first-order valence-electron chi connectivity index (χ1n) is 2.39. The number of alkyl halides is 1. The summed E-state index contributed by atoms with van der Waals surface area (Å²) in [5.74, 6) is 0. The molecular weight excluding hydrogens is 213 g/mol. The van der Waals surface area contributed by atoms with Crippen LogP contribution in [0.1, 0.15) is 5.69 Å². The van der Waals surface area contributed by atoms with E-state index in [9.17, 15) is 0 Å². The summed E-state index contributed by atoms with van der Waals surface area (Å²) in [6.07, 6.45) is 1.81. The monoisotopic (exact) mass is 219 g/mol. The number of halogens is 1. The van der Waals surface area contributed by atoms with Gasteiger partial charge >= 0.3 is 0 Å². The molecule has 1 rings (SSSR count). The predicted molar refractivity (Wildman–Crippen MR) is 42.0 cm³/mol. The van der Waals surface area contributed by atoms with Crippen molar-refractivity contribution in [2.24, 2.45) is 0 Å². The first-order valence-corrected chi connectivity index (χ1v) is 3.92. The van der Waals surface area contributed by atoms with Gasteiger partial charge < -0.3 is 0 Å². The fourth-order valence-electron chi connectivity index (χ4n) is 0.477. The van der Waals surface area contributed by atoms with Gasteiger partial charge in [-0.15, -0.1) is 0 Å². The largest absolute Gasteiger partial charge is 0.260 e. The molecular formula is C6H6IN. The molecule has 0 radical (unpaired) electrons. The van der Waals surface area contributed by atoms with Gasteiger partial charge in [0.25, 0.3) is 0 Å². The van der Waals surface area contributed by atoms with E-state index in [0.717, 1.165) is 10.1 Å². The normalized spacial score (nSPS) is 9.12. The molecule has 1 aromatic heterocycles. The zero-order valence-corrected chi connectivity index (χ0v) is 6.50. The topological polar surface area (TPSA) is 12.9 Å². The summed E-state index contributed by atoms with van der Waals surface area (Å²) < 4.78 is 0.999. The summed E-state index contributed by atoms with van der Waals surface area (Å²) in [6, 6.07) is 5.95. The molecule has 42 valence electrons. The van der Waals surface area contributed by atoms with Crippen molar-refractivity contribution in [3.8, 4) is 0 Å². The Kier molecular flexibility index (Phi) is 2.27. The van der Waals surface area contributed by atoms with Gasteiger partial charge in [0.1, 0.15) is 0 Å². The molecule has 0 fully saturated rings. The van der Waals surface area contributed by atoms with Crippen molar-refractivity contribution in [2.45, 2.75) is 4.43 Å². The molecule has 0 aromatic carbocycles. The summed E-state index contributed by atoms with van der Waals surface area (Å²) in [4.78, 5) is 4.09. The number of hydrogen-bond donors (Lipinski definition) is 0. The minimum absolute atomic E-state index is 0.999. The lowest BCUT2D eigenvalue weighted by atomic mass is 10.4. The van der Waals surface area contributed by atoms with E-state index in [1.807, 2.05) is 24.4 Å². The molecule has 0 amide bonds. The molecule has 1 nitrogen and oxygen atoms in total. The van der Waals surface area contributed by atoms with Gasteiger partial charge in [0.05, 0.1) is 5.69 Å². The number of nitrogens with zero attached hydrogens (tertiary/aromatic N) is 1. The van der Waals surface area contributed by atoms with E-state index >= 15 is 0 Å². The highest BCUT2D eigenvalue weighted by Gasteiger charge is 1.83. The van der Waals surface area contributed by atoms with Crippen LogP contribution in [0.25, 0.3) is 0 Å². The third kappa shape index (κ3) is 1.43. The van der Waals surface area contributed by atoms with Gasteiger partial charge in [-0.2, -0.15) is 0 Å². The molecule has 0 unspecified atom stereocenters. The third-order valence-electron chi connectivity index (χ3n) is 0.863.